The lowest BCUT2D eigenvalue weighted by Gasteiger charge is -2.06. The van der Waals surface area contributed by atoms with Crippen molar-refractivity contribution in [3.63, 3.8) is 0 Å². The zero-order valence-electron chi connectivity index (χ0n) is 8.38. The number of rotatable bonds is 5. The van der Waals surface area contributed by atoms with E-state index in [0.717, 1.165) is 0 Å². The Bertz CT molecular complexity index is 321. The van der Waals surface area contributed by atoms with Crippen molar-refractivity contribution in [3.05, 3.63) is 30.3 Å². The van der Waals surface area contributed by atoms with E-state index in [2.05, 4.69) is 4.89 Å². The number of carbonyl (C=O) groups is 2. The van der Waals surface area contributed by atoms with E-state index < -0.39 is 11.9 Å². The van der Waals surface area contributed by atoms with Crippen LogP contribution in [0.1, 0.15) is 13.3 Å². The average molecular weight is 208 g/mol. The molecule has 0 aliphatic heterocycles. The fourth-order valence-electron chi connectivity index (χ4n) is 0.945. The maximum Gasteiger partial charge on any atom is 0.365 e. The van der Waals surface area contributed by atoms with Crippen LogP contribution in [-0.4, -0.2) is 12.3 Å². The second-order valence-corrected chi connectivity index (χ2v) is 2.95. The third kappa shape index (κ3) is 3.42. The van der Waals surface area contributed by atoms with Crippen LogP contribution in [0.25, 0.3) is 0 Å². The SMILES string of the molecule is CCC(C=O)C(=O)OOc1ccccc1. The summed E-state index contributed by atoms with van der Waals surface area (Å²) in [6.07, 6.45) is 0.956. The van der Waals surface area contributed by atoms with E-state index in [4.69, 9.17) is 4.89 Å². The van der Waals surface area contributed by atoms with Crippen LogP contribution in [0.3, 0.4) is 0 Å². The molecule has 1 rings (SSSR count). The summed E-state index contributed by atoms with van der Waals surface area (Å²) < 4.78 is 0. The van der Waals surface area contributed by atoms with Crippen molar-refractivity contribution >= 4 is 12.3 Å². The molecule has 0 radical (unpaired) electrons. The van der Waals surface area contributed by atoms with Gasteiger partial charge in [-0.2, -0.15) is 0 Å². The zero-order chi connectivity index (χ0) is 11.1. The van der Waals surface area contributed by atoms with Gasteiger partial charge in [-0.25, -0.2) is 9.68 Å². The van der Waals surface area contributed by atoms with Gasteiger partial charge in [-0.3, -0.25) is 4.89 Å². The Labute approximate surface area is 87.7 Å². The molecule has 80 valence electrons. The highest BCUT2D eigenvalue weighted by molar-refractivity contribution is 5.87. The Balaban J connectivity index is 2.44. The van der Waals surface area contributed by atoms with E-state index in [0.29, 0.717) is 18.5 Å². The van der Waals surface area contributed by atoms with Crippen LogP contribution < -0.4 is 4.89 Å². The molecule has 0 bridgehead atoms. The molecule has 0 fully saturated rings. The van der Waals surface area contributed by atoms with Gasteiger partial charge in [0.15, 0.2) is 5.75 Å². The molecule has 4 heteroatoms. The summed E-state index contributed by atoms with van der Waals surface area (Å²) >= 11 is 0. The van der Waals surface area contributed by atoms with Gasteiger partial charge in [0.2, 0.25) is 0 Å². The predicted molar refractivity (Wildman–Crippen MR) is 53.0 cm³/mol. The van der Waals surface area contributed by atoms with Crippen molar-refractivity contribution in [1.29, 1.82) is 0 Å². The lowest BCUT2D eigenvalue weighted by Crippen LogP contribution is -2.19. The summed E-state index contributed by atoms with van der Waals surface area (Å²) in [7, 11) is 0. The van der Waals surface area contributed by atoms with Crippen molar-refractivity contribution in [3.8, 4) is 5.75 Å². The number of aldehydes is 1. The second kappa shape index (κ2) is 5.80. The smallest absolute Gasteiger partial charge is 0.302 e. The molecule has 0 saturated carbocycles. The molecule has 0 N–H and O–H groups in total. The van der Waals surface area contributed by atoms with Gasteiger partial charge in [0.1, 0.15) is 12.2 Å². The van der Waals surface area contributed by atoms with E-state index in [-0.39, 0.29) is 0 Å². The third-order valence-corrected chi connectivity index (χ3v) is 1.87. The lowest BCUT2D eigenvalue weighted by atomic mass is 10.1. The molecule has 1 aromatic carbocycles. The summed E-state index contributed by atoms with van der Waals surface area (Å²) in [6, 6.07) is 8.61. The van der Waals surface area contributed by atoms with Gasteiger partial charge in [0, 0.05) is 0 Å². The van der Waals surface area contributed by atoms with Crippen molar-refractivity contribution in [2.75, 3.05) is 0 Å². The molecule has 0 heterocycles. The highest BCUT2D eigenvalue weighted by Gasteiger charge is 2.18. The monoisotopic (exact) mass is 208 g/mol. The molecule has 0 amide bonds. The third-order valence-electron chi connectivity index (χ3n) is 1.87. The minimum absolute atomic E-state index is 0.403. The summed E-state index contributed by atoms with van der Waals surface area (Å²) in [6.45, 7) is 1.73. The molecule has 15 heavy (non-hydrogen) atoms. The van der Waals surface area contributed by atoms with Crippen molar-refractivity contribution in [2.45, 2.75) is 13.3 Å². The minimum atomic E-state index is -0.756. The maximum absolute atomic E-state index is 11.2. The van der Waals surface area contributed by atoms with Crippen molar-refractivity contribution in [1.82, 2.24) is 0 Å². The van der Waals surface area contributed by atoms with Crippen LogP contribution >= 0.6 is 0 Å². The molecule has 0 aliphatic rings. The highest BCUT2D eigenvalue weighted by Crippen LogP contribution is 2.10. The normalized spacial score (nSPS) is 11.5. The molecule has 0 spiro atoms. The molecule has 4 nitrogen and oxygen atoms in total. The first-order valence-corrected chi connectivity index (χ1v) is 4.66. The molecule has 0 aliphatic carbocycles. The summed E-state index contributed by atoms with van der Waals surface area (Å²) in [5.74, 6) is -1.00. The molecule has 0 aromatic heterocycles. The zero-order valence-corrected chi connectivity index (χ0v) is 8.38. The first kappa shape index (κ1) is 11.2. The van der Waals surface area contributed by atoms with Crippen LogP contribution in [0.15, 0.2) is 30.3 Å². The van der Waals surface area contributed by atoms with E-state index in [9.17, 15) is 9.59 Å². The molecule has 0 saturated heterocycles. The molecule has 1 atom stereocenters. The van der Waals surface area contributed by atoms with Gasteiger partial charge in [-0.15, -0.1) is 0 Å². The topological polar surface area (TPSA) is 52.6 Å². The average Bonchev–Trinajstić information content (AvgIpc) is 2.29. The highest BCUT2D eigenvalue weighted by atomic mass is 17.2. The van der Waals surface area contributed by atoms with Gasteiger partial charge in [0.25, 0.3) is 0 Å². The van der Waals surface area contributed by atoms with E-state index >= 15 is 0 Å². The molecular formula is C11H12O4. The fraction of sp³-hybridized carbons (Fsp3) is 0.273. The molecular weight excluding hydrogens is 196 g/mol. The Morgan fingerprint density at radius 3 is 2.60 bits per heavy atom. The van der Waals surface area contributed by atoms with Gasteiger partial charge in [0.05, 0.1) is 0 Å². The lowest BCUT2D eigenvalue weighted by molar-refractivity contribution is -0.217. The van der Waals surface area contributed by atoms with Gasteiger partial charge >= 0.3 is 5.97 Å². The van der Waals surface area contributed by atoms with Crippen LogP contribution in [0, 0.1) is 5.92 Å². The largest absolute Gasteiger partial charge is 0.365 e. The number of hydrogen-bond acceptors (Lipinski definition) is 4. The Hall–Kier alpha value is -1.84. The maximum atomic E-state index is 11.2. The number of benzene rings is 1. The van der Waals surface area contributed by atoms with Gasteiger partial charge in [-0.1, -0.05) is 25.1 Å². The molecule has 1 aromatic rings. The van der Waals surface area contributed by atoms with E-state index in [1.165, 1.54) is 0 Å². The second-order valence-electron chi connectivity index (χ2n) is 2.95. The van der Waals surface area contributed by atoms with Crippen LogP contribution in [0.4, 0.5) is 0 Å². The van der Waals surface area contributed by atoms with Crippen LogP contribution in [-0.2, 0) is 14.5 Å². The van der Waals surface area contributed by atoms with Gasteiger partial charge < -0.3 is 4.79 Å². The summed E-state index contributed by atoms with van der Waals surface area (Å²) in [4.78, 5) is 30.9. The van der Waals surface area contributed by atoms with Crippen molar-refractivity contribution < 1.29 is 19.4 Å². The summed E-state index contributed by atoms with van der Waals surface area (Å²) in [5, 5.41) is 0. The van der Waals surface area contributed by atoms with Crippen molar-refractivity contribution in [2.24, 2.45) is 5.92 Å². The van der Waals surface area contributed by atoms with Crippen LogP contribution in [0.5, 0.6) is 5.75 Å². The Kier molecular flexibility index (Phi) is 4.34. The summed E-state index contributed by atoms with van der Waals surface area (Å²) in [5.41, 5.74) is 0. The minimum Gasteiger partial charge on any atom is -0.302 e. The predicted octanol–water partition coefficient (Wildman–Crippen LogP) is 1.75. The number of hydrogen-bond donors (Lipinski definition) is 0. The standard InChI is InChI=1S/C11H12O4/c1-2-9(8-12)11(13)15-14-10-6-4-3-5-7-10/h3-9H,2H2,1H3. The van der Waals surface area contributed by atoms with E-state index in [1.807, 2.05) is 6.07 Å². The number of para-hydroxylation sites is 1. The Morgan fingerprint density at radius 1 is 1.40 bits per heavy atom. The number of carbonyl (C=O) groups excluding carboxylic acids is 2. The Morgan fingerprint density at radius 2 is 2.07 bits per heavy atom. The van der Waals surface area contributed by atoms with Gasteiger partial charge in [-0.05, 0) is 18.6 Å². The fourth-order valence-corrected chi connectivity index (χ4v) is 0.945. The first-order valence-electron chi connectivity index (χ1n) is 4.66. The van der Waals surface area contributed by atoms with E-state index in [1.54, 1.807) is 31.2 Å². The van der Waals surface area contributed by atoms with Crippen LogP contribution in [0.2, 0.25) is 0 Å². The molecule has 1 unspecified atom stereocenters. The first-order chi connectivity index (χ1) is 7.27. The quantitative estimate of drug-likeness (QED) is 0.320.